The van der Waals surface area contributed by atoms with Gasteiger partial charge < -0.3 is 9.64 Å². The number of pyridine rings is 1. The molecule has 6 heteroatoms. The highest BCUT2D eigenvalue weighted by Gasteiger charge is 2.23. The van der Waals surface area contributed by atoms with Crippen molar-refractivity contribution in [2.75, 3.05) is 59.0 Å². The predicted molar refractivity (Wildman–Crippen MR) is 101 cm³/mol. The Labute approximate surface area is 154 Å². The number of carbonyl (C=O) groups excluding carboxylic acids is 1. The van der Waals surface area contributed by atoms with E-state index in [1.54, 1.807) is 0 Å². The lowest BCUT2D eigenvalue weighted by Crippen LogP contribution is -2.51. The van der Waals surface area contributed by atoms with Crippen LogP contribution in [0, 0.1) is 0 Å². The van der Waals surface area contributed by atoms with Crippen molar-refractivity contribution in [2.24, 2.45) is 0 Å². The summed E-state index contributed by atoms with van der Waals surface area (Å²) in [6.45, 7) is 8.09. The average Bonchev–Trinajstić information content (AvgIpc) is 2.70. The van der Waals surface area contributed by atoms with Crippen LogP contribution in [-0.4, -0.2) is 84.6 Å². The number of aromatic nitrogens is 1. The zero-order valence-electron chi connectivity index (χ0n) is 15.1. The van der Waals surface area contributed by atoms with Crippen LogP contribution in [0.25, 0.3) is 10.9 Å². The Hall–Kier alpha value is -2.02. The van der Waals surface area contributed by atoms with Crippen molar-refractivity contribution in [1.29, 1.82) is 0 Å². The Bertz CT molecular complexity index is 747. The first-order valence-electron chi connectivity index (χ1n) is 9.42. The van der Waals surface area contributed by atoms with Crippen LogP contribution in [-0.2, 0) is 16.1 Å². The van der Waals surface area contributed by atoms with Crippen molar-refractivity contribution in [2.45, 2.75) is 6.54 Å². The molecule has 0 spiro atoms. The van der Waals surface area contributed by atoms with E-state index in [0.717, 1.165) is 51.3 Å². The first kappa shape index (κ1) is 17.4. The summed E-state index contributed by atoms with van der Waals surface area (Å²) >= 11 is 0. The van der Waals surface area contributed by atoms with Crippen molar-refractivity contribution in [1.82, 2.24) is 19.7 Å². The third-order valence-corrected chi connectivity index (χ3v) is 5.30. The highest BCUT2D eigenvalue weighted by molar-refractivity contribution is 5.81. The van der Waals surface area contributed by atoms with Crippen LogP contribution >= 0.6 is 0 Å². The third kappa shape index (κ3) is 4.03. The summed E-state index contributed by atoms with van der Waals surface area (Å²) in [6.07, 6.45) is 1.86. The average molecular weight is 354 g/mol. The number of piperazine rings is 1. The van der Waals surface area contributed by atoms with Crippen molar-refractivity contribution in [3.8, 4) is 0 Å². The molecule has 1 aromatic heterocycles. The first-order valence-corrected chi connectivity index (χ1v) is 9.42. The number of nitrogens with zero attached hydrogens (tertiary/aromatic N) is 4. The van der Waals surface area contributed by atoms with Crippen LogP contribution in [0.1, 0.15) is 5.56 Å². The summed E-state index contributed by atoms with van der Waals surface area (Å²) in [6, 6.07) is 10.5. The standard InChI is InChI=1S/C20H26N4O2/c25-19(24-11-13-26-14-12-24)16-23-9-7-22(8-10-23)15-18-4-1-3-17-5-2-6-21-20(17)18/h1-6H,7-16H2. The maximum Gasteiger partial charge on any atom is 0.236 e. The molecule has 2 aliphatic rings. The molecule has 2 aromatic rings. The Morgan fingerprint density at radius 1 is 0.962 bits per heavy atom. The lowest BCUT2D eigenvalue weighted by molar-refractivity contribution is -0.136. The van der Waals surface area contributed by atoms with Crippen LogP contribution in [0.2, 0.25) is 0 Å². The van der Waals surface area contributed by atoms with Crippen LogP contribution in [0.4, 0.5) is 0 Å². The molecule has 2 fully saturated rings. The number of morpholine rings is 1. The summed E-state index contributed by atoms with van der Waals surface area (Å²) in [4.78, 5) is 23.6. The minimum Gasteiger partial charge on any atom is -0.378 e. The second kappa shape index (κ2) is 8.12. The van der Waals surface area contributed by atoms with Gasteiger partial charge in [-0.2, -0.15) is 0 Å². The second-order valence-electron chi connectivity index (χ2n) is 7.04. The molecule has 1 aromatic carbocycles. The molecule has 0 atom stereocenters. The molecular weight excluding hydrogens is 328 g/mol. The van der Waals surface area contributed by atoms with Gasteiger partial charge in [-0.1, -0.05) is 24.3 Å². The second-order valence-corrected chi connectivity index (χ2v) is 7.04. The van der Waals surface area contributed by atoms with E-state index in [1.165, 1.54) is 10.9 Å². The summed E-state index contributed by atoms with van der Waals surface area (Å²) in [5, 5.41) is 1.19. The fourth-order valence-corrected chi connectivity index (χ4v) is 3.75. The van der Waals surface area contributed by atoms with Gasteiger partial charge in [0.1, 0.15) is 0 Å². The van der Waals surface area contributed by atoms with Gasteiger partial charge in [-0.15, -0.1) is 0 Å². The van der Waals surface area contributed by atoms with E-state index in [-0.39, 0.29) is 5.91 Å². The van der Waals surface area contributed by atoms with E-state index in [4.69, 9.17) is 4.74 Å². The van der Waals surface area contributed by atoms with Crippen molar-refractivity contribution in [3.63, 3.8) is 0 Å². The molecule has 3 heterocycles. The van der Waals surface area contributed by atoms with E-state index in [0.29, 0.717) is 19.8 Å². The largest absolute Gasteiger partial charge is 0.378 e. The Morgan fingerprint density at radius 3 is 2.50 bits per heavy atom. The zero-order chi connectivity index (χ0) is 17.8. The number of hydrogen-bond acceptors (Lipinski definition) is 5. The van der Waals surface area contributed by atoms with Crippen LogP contribution in [0.3, 0.4) is 0 Å². The first-order chi connectivity index (χ1) is 12.8. The van der Waals surface area contributed by atoms with Gasteiger partial charge in [-0.3, -0.25) is 19.6 Å². The lowest BCUT2D eigenvalue weighted by atomic mass is 10.1. The third-order valence-electron chi connectivity index (χ3n) is 5.30. The molecule has 138 valence electrons. The number of benzene rings is 1. The molecule has 26 heavy (non-hydrogen) atoms. The Kier molecular flexibility index (Phi) is 5.43. The SMILES string of the molecule is O=C(CN1CCN(Cc2cccc3cccnc23)CC1)N1CCOCC1. The van der Waals surface area contributed by atoms with Crippen molar-refractivity contribution >= 4 is 16.8 Å². The number of carbonyl (C=O) groups is 1. The van der Waals surface area contributed by atoms with E-state index < -0.39 is 0 Å². The van der Waals surface area contributed by atoms with E-state index >= 15 is 0 Å². The Balaban J connectivity index is 1.30. The van der Waals surface area contributed by atoms with Crippen LogP contribution < -0.4 is 0 Å². The Morgan fingerprint density at radius 2 is 1.69 bits per heavy atom. The normalized spacial score (nSPS) is 19.8. The van der Waals surface area contributed by atoms with E-state index in [9.17, 15) is 4.79 Å². The monoisotopic (exact) mass is 354 g/mol. The minimum atomic E-state index is 0.236. The number of ether oxygens (including phenoxy) is 1. The fraction of sp³-hybridized carbons (Fsp3) is 0.500. The van der Waals surface area contributed by atoms with Gasteiger partial charge in [0.25, 0.3) is 0 Å². The molecule has 0 aliphatic carbocycles. The molecule has 0 unspecified atom stereocenters. The summed E-state index contributed by atoms with van der Waals surface area (Å²) < 4.78 is 5.32. The maximum absolute atomic E-state index is 12.4. The lowest BCUT2D eigenvalue weighted by Gasteiger charge is -2.36. The molecule has 1 amide bonds. The molecule has 0 N–H and O–H groups in total. The summed E-state index contributed by atoms with van der Waals surface area (Å²) in [7, 11) is 0. The molecule has 4 rings (SSSR count). The predicted octanol–water partition coefficient (Wildman–Crippen LogP) is 1.21. The molecule has 0 bridgehead atoms. The molecule has 2 saturated heterocycles. The molecule has 0 saturated carbocycles. The smallest absolute Gasteiger partial charge is 0.236 e. The number of fused-ring (bicyclic) bond motifs is 1. The van der Waals surface area contributed by atoms with Gasteiger partial charge in [0.2, 0.25) is 5.91 Å². The van der Waals surface area contributed by atoms with Crippen LogP contribution in [0.15, 0.2) is 36.5 Å². The fourth-order valence-electron chi connectivity index (χ4n) is 3.75. The quantitative estimate of drug-likeness (QED) is 0.826. The van der Waals surface area contributed by atoms with E-state index in [2.05, 4.69) is 39.0 Å². The zero-order valence-corrected chi connectivity index (χ0v) is 15.1. The molecular formula is C20H26N4O2. The van der Waals surface area contributed by atoms with Gasteiger partial charge >= 0.3 is 0 Å². The van der Waals surface area contributed by atoms with E-state index in [1.807, 2.05) is 17.2 Å². The summed E-state index contributed by atoms with van der Waals surface area (Å²) in [5.74, 6) is 0.236. The molecule has 2 aliphatic heterocycles. The highest BCUT2D eigenvalue weighted by atomic mass is 16.5. The van der Waals surface area contributed by atoms with Crippen LogP contribution in [0.5, 0.6) is 0 Å². The van der Waals surface area contributed by atoms with Gasteiger partial charge in [0.05, 0.1) is 25.3 Å². The highest BCUT2D eigenvalue weighted by Crippen LogP contribution is 2.18. The van der Waals surface area contributed by atoms with Gasteiger partial charge in [0, 0.05) is 57.4 Å². The summed E-state index contributed by atoms with van der Waals surface area (Å²) in [5.41, 5.74) is 2.38. The van der Waals surface area contributed by atoms with Gasteiger partial charge in [0.15, 0.2) is 0 Å². The van der Waals surface area contributed by atoms with Gasteiger partial charge in [-0.05, 0) is 11.6 Å². The molecule has 6 nitrogen and oxygen atoms in total. The number of rotatable bonds is 4. The minimum absolute atomic E-state index is 0.236. The van der Waals surface area contributed by atoms with Crippen molar-refractivity contribution in [3.05, 3.63) is 42.1 Å². The number of para-hydroxylation sites is 1. The molecule has 0 radical (unpaired) electrons. The number of amides is 1. The maximum atomic E-state index is 12.4. The topological polar surface area (TPSA) is 48.9 Å². The number of hydrogen-bond donors (Lipinski definition) is 0. The van der Waals surface area contributed by atoms with Crippen molar-refractivity contribution < 1.29 is 9.53 Å². The van der Waals surface area contributed by atoms with Gasteiger partial charge in [-0.25, -0.2) is 0 Å².